The van der Waals surface area contributed by atoms with Crippen LogP contribution < -0.4 is 0 Å². The SMILES string of the molecule is CC(C)CS(=O)(=O)C1CN(C(=O)c2cc(Br)ccc2Cl)C1. The zero-order valence-electron chi connectivity index (χ0n) is 11.8. The van der Waals surface area contributed by atoms with Crippen LogP contribution in [0.2, 0.25) is 5.02 Å². The summed E-state index contributed by atoms with van der Waals surface area (Å²) >= 11 is 9.32. The summed E-state index contributed by atoms with van der Waals surface area (Å²) in [6, 6.07) is 5.05. The molecule has 0 spiro atoms. The molecule has 0 aliphatic carbocycles. The Morgan fingerprint density at radius 1 is 1.43 bits per heavy atom. The number of likely N-dealkylation sites (tertiary alicyclic amines) is 1. The van der Waals surface area contributed by atoms with Gasteiger partial charge in [-0.1, -0.05) is 41.4 Å². The second-order valence-electron chi connectivity index (χ2n) is 5.68. The topological polar surface area (TPSA) is 54.5 Å². The number of carbonyl (C=O) groups is 1. The lowest BCUT2D eigenvalue weighted by molar-refractivity contribution is 0.0659. The van der Waals surface area contributed by atoms with Crippen LogP contribution in [0.1, 0.15) is 24.2 Å². The molecule has 1 aliphatic heterocycles. The monoisotopic (exact) mass is 393 g/mol. The summed E-state index contributed by atoms with van der Waals surface area (Å²) in [5.41, 5.74) is 0.394. The van der Waals surface area contributed by atoms with Gasteiger partial charge >= 0.3 is 0 Å². The highest BCUT2D eigenvalue weighted by atomic mass is 79.9. The van der Waals surface area contributed by atoms with Crippen LogP contribution in [-0.4, -0.2) is 43.3 Å². The fourth-order valence-electron chi connectivity index (χ4n) is 2.26. The third-order valence-electron chi connectivity index (χ3n) is 3.37. The van der Waals surface area contributed by atoms with Crippen LogP contribution in [0, 0.1) is 5.92 Å². The average Bonchev–Trinajstić information content (AvgIpc) is 2.27. The van der Waals surface area contributed by atoms with Crippen LogP contribution in [0.25, 0.3) is 0 Å². The summed E-state index contributed by atoms with van der Waals surface area (Å²) in [7, 11) is -3.13. The molecular weight excluding hydrogens is 378 g/mol. The number of halogens is 2. The molecule has 1 aromatic carbocycles. The largest absolute Gasteiger partial charge is 0.336 e. The second-order valence-corrected chi connectivity index (χ2v) is 9.33. The lowest BCUT2D eigenvalue weighted by atomic mass is 10.1. The van der Waals surface area contributed by atoms with Gasteiger partial charge in [-0.3, -0.25) is 4.79 Å². The van der Waals surface area contributed by atoms with Crippen molar-refractivity contribution in [1.29, 1.82) is 0 Å². The number of hydrogen-bond donors (Lipinski definition) is 0. The molecule has 0 unspecified atom stereocenters. The van der Waals surface area contributed by atoms with Gasteiger partial charge in [0.05, 0.1) is 21.6 Å². The molecule has 1 aliphatic rings. The van der Waals surface area contributed by atoms with E-state index in [1.165, 1.54) is 4.90 Å². The van der Waals surface area contributed by atoms with E-state index in [1.54, 1.807) is 18.2 Å². The Balaban J connectivity index is 2.05. The van der Waals surface area contributed by atoms with Gasteiger partial charge in [-0.25, -0.2) is 8.42 Å². The predicted molar refractivity (Wildman–Crippen MR) is 87.5 cm³/mol. The third kappa shape index (κ3) is 3.79. The molecule has 0 bridgehead atoms. The van der Waals surface area contributed by atoms with Gasteiger partial charge in [-0.05, 0) is 24.1 Å². The van der Waals surface area contributed by atoms with Gasteiger partial charge in [-0.15, -0.1) is 0 Å². The molecule has 1 saturated heterocycles. The van der Waals surface area contributed by atoms with Gasteiger partial charge < -0.3 is 4.90 Å². The Morgan fingerprint density at radius 3 is 2.62 bits per heavy atom. The Labute approximate surface area is 138 Å². The number of benzene rings is 1. The van der Waals surface area contributed by atoms with Gasteiger partial charge in [0.1, 0.15) is 0 Å². The fraction of sp³-hybridized carbons (Fsp3) is 0.500. The van der Waals surface area contributed by atoms with Crippen molar-refractivity contribution in [3.05, 3.63) is 33.3 Å². The molecular formula is C14H17BrClNO3S. The van der Waals surface area contributed by atoms with Crippen LogP contribution in [0.3, 0.4) is 0 Å². The van der Waals surface area contributed by atoms with Crippen LogP contribution in [-0.2, 0) is 9.84 Å². The van der Waals surface area contributed by atoms with Gasteiger partial charge in [0.2, 0.25) is 0 Å². The molecule has 7 heteroatoms. The van der Waals surface area contributed by atoms with Crippen LogP contribution in [0.5, 0.6) is 0 Å². The highest BCUT2D eigenvalue weighted by Crippen LogP contribution is 2.26. The summed E-state index contributed by atoms with van der Waals surface area (Å²) < 4.78 is 24.9. The van der Waals surface area contributed by atoms with Gasteiger partial charge in [0.15, 0.2) is 9.84 Å². The predicted octanol–water partition coefficient (Wildman–Crippen LogP) is 3.00. The van der Waals surface area contributed by atoms with E-state index in [0.29, 0.717) is 10.6 Å². The number of sulfone groups is 1. The first kappa shape index (κ1) is 16.8. The summed E-state index contributed by atoms with van der Waals surface area (Å²) in [4.78, 5) is 13.8. The first-order chi connectivity index (χ1) is 9.70. The molecule has 0 saturated carbocycles. The molecule has 1 heterocycles. The van der Waals surface area contributed by atoms with Crippen molar-refractivity contribution in [1.82, 2.24) is 4.90 Å². The minimum Gasteiger partial charge on any atom is -0.336 e. The van der Waals surface area contributed by atoms with Gasteiger partial charge in [0.25, 0.3) is 5.91 Å². The molecule has 0 N–H and O–H groups in total. The van der Waals surface area contributed by atoms with Gasteiger partial charge in [0, 0.05) is 17.6 Å². The van der Waals surface area contributed by atoms with Crippen molar-refractivity contribution in [2.45, 2.75) is 19.1 Å². The quantitative estimate of drug-likeness (QED) is 0.789. The Morgan fingerprint density at radius 2 is 2.05 bits per heavy atom. The van der Waals surface area contributed by atoms with Crippen molar-refractivity contribution < 1.29 is 13.2 Å². The minimum absolute atomic E-state index is 0.0966. The zero-order valence-corrected chi connectivity index (χ0v) is 15.0. The van der Waals surface area contributed by atoms with Crippen molar-refractivity contribution in [3.8, 4) is 0 Å². The molecule has 21 heavy (non-hydrogen) atoms. The smallest absolute Gasteiger partial charge is 0.255 e. The van der Waals surface area contributed by atoms with E-state index >= 15 is 0 Å². The third-order valence-corrected chi connectivity index (χ3v) is 6.64. The molecule has 116 valence electrons. The fourth-order valence-corrected chi connectivity index (χ4v) is 4.84. The maximum Gasteiger partial charge on any atom is 0.255 e. The molecule has 0 radical (unpaired) electrons. The van der Waals surface area contributed by atoms with Crippen molar-refractivity contribution in [2.24, 2.45) is 5.92 Å². The van der Waals surface area contributed by atoms with E-state index < -0.39 is 15.1 Å². The second kappa shape index (κ2) is 6.26. The first-order valence-electron chi connectivity index (χ1n) is 6.66. The maximum atomic E-state index is 12.3. The minimum atomic E-state index is -3.13. The van der Waals surface area contributed by atoms with E-state index in [2.05, 4.69) is 15.9 Å². The number of nitrogens with zero attached hydrogens (tertiary/aromatic N) is 1. The molecule has 4 nitrogen and oxygen atoms in total. The highest BCUT2D eigenvalue weighted by Gasteiger charge is 2.40. The average molecular weight is 395 g/mol. The van der Waals surface area contributed by atoms with Crippen LogP contribution in [0.15, 0.2) is 22.7 Å². The molecule has 0 aromatic heterocycles. The van der Waals surface area contributed by atoms with E-state index in [9.17, 15) is 13.2 Å². The lowest BCUT2D eigenvalue weighted by Gasteiger charge is -2.39. The molecule has 0 atom stereocenters. The number of rotatable bonds is 4. The van der Waals surface area contributed by atoms with Crippen molar-refractivity contribution in [2.75, 3.05) is 18.8 Å². The lowest BCUT2D eigenvalue weighted by Crippen LogP contribution is -2.57. The summed E-state index contributed by atoms with van der Waals surface area (Å²) in [5.74, 6) is 0.0359. The van der Waals surface area contributed by atoms with E-state index in [4.69, 9.17) is 11.6 Å². The van der Waals surface area contributed by atoms with Crippen LogP contribution in [0.4, 0.5) is 0 Å². The van der Waals surface area contributed by atoms with E-state index in [0.717, 1.165) is 4.47 Å². The normalized spacial score (nSPS) is 16.1. The first-order valence-corrected chi connectivity index (χ1v) is 9.55. The van der Waals surface area contributed by atoms with Crippen molar-refractivity contribution >= 4 is 43.3 Å². The Bertz CT molecular complexity index is 654. The summed E-state index contributed by atoms with van der Waals surface area (Å²) in [5, 5.41) is -0.0773. The number of hydrogen-bond acceptors (Lipinski definition) is 3. The Kier molecular flexibility index (Phi) is 5.00. The maximum absolute atomic E-state index is 12.3. The summed E-state index contributed by atoms with van der Waals surface area (Å²) in [6.45, 7) is 4.24. The van der Waals surface area contributed by atoms with Gasteiger partial charge in [-0.2, -0.15) is 0 Å². The molecule has 1 fully saturated rings. The standard InChI is InChI=1S/C14H17BrClNO3S/c1-9(2)8-21(19,20)11-6-17(7-11)14(18)12-5-10(15)3-4-13(12)16/h3-5,9,11H,6-8H2,1-2H3. The summed E-state index contributed by atoms with van der Waals surface area (Å²) in [6.07, 6.45) is 0. The Hall–Kier alpha value is -0.590. The van der Waals surface area contributed by atoms with E-state index in [1.807, 2.05) is 13.8 Å². The number of carbonyl (C=O) groups excluding carboxylic acids is 1. The molecule has 2 rings (SSSR count). The molecule has 1 amide bonds. The molecule has 1 aromatic rings. The van der Waals surface area contributed by atoms with E-state index in [-0.39, 0.29) is 30.7 Å². The zero-order chi connectivity index (χ0) is 15.8. The number of amides is 1. The van der Waals surface area contributed by atoms with Crippen LogP contribution >= 0.6 is 27.5 Å². The van der Waals surface area contributed by atoms with Crippen molar-refractivity contribution in [3.63, 3.8) is 0 Å². The highest BCUT2D eigenvalue weighted by molar-refractivity contribution is 9.10.